The van der Waals surface area contributed by atoms with Crippen molar-refractivity contribution in [2.24, 2.45) is 5.11 Å². The van der Waals surface area contributed by atoms with Gasteiger partial charge in [0.25, 0.3) is 0 Å². The van der Waals surface area contributed by atoms with E-state index >= 15 is 0 Å². The van der Waals surface area contributed by atoms with Crippen LogP contribution < -0.4 is 5.53 Å². The Bertz CT molecular complexity index is 81.0. The lowest BCUT2D eigenvalue weighted by atomic mass is 10.7. The predicted molar refractivity (Wildman–Crippen MR) is 21.2 cm³/mol. The van der Waals surface area contributed by atoms with Crippen LogP contribution in [0, 0.1) is 0 Å². The molecule has 0 atom stereocenters. The third kappa shape index (κ3) is 2.88. The largest absolute Gasteiger partial charge is 0.467 e. The summed E-state index contributed by atoms with van der Waals surface area (Å²) in [7, 11) is 1.29. The molecule has 4 nitrogen and oxygen atoms in total. The monoisotopic (exact) mass is 103 g/mol. The molecule has 0 aliphatic rings. The molecule has 0 aliphatic heterocycles. The first kappa shape index (κ1) is 6.07. The zero-order valence-corrected chi connectivity index (χ0v) is 4.05. The van der Waals surface area contributed by atoms with Crippen LogP contribution in [0.15, 0.2) is 5.11 Å². The molecule has 0 heterocycles. The highest BCUT2D eigenvalue weighted by molar-refractivity contribution is 5.71. The summed E-state index contributed by atoms with van der Waals surface area (Å²) in [6.07, 6.45) is 0. The van der Waals surface area contributed by atoms with E-state index in [-0.39, 0.29) is 6.54 Å². The Balaban J connectivity index is 3.17. The summed E-state index contributed by atoms with van der Waals surface area (Å²) in [6, 6.07) is 0. The van der Waals surface area contributed by atoms with Gasteiger partial charge >= 0.3 is 5.97 Å². The molecular formula is C3H7N2O2+. The summed E-state index contributed by atoms with van der Waals surface area (Å²) in [4.78, 5) is 10.0. The highest BCUT2D eigenvalue weighted by atomic mass is 16.5. The second kappa shape index (κ2) is 3.27. The maximum Gasteiger partial charge on any atom is 0.333 e. The first-order valence-electron chi connectivity index (χ1n) is 1.74. The van der Waals surface area contributed by atoms with E-state index in [1.165, 1.54) is 7.11 Å². The SMILES string of the molecule is COC(=O)CN=[NH2+]. The van der Waals surface area contributed by atoms with Crippen molar-refractivity contribution in [2.45, 2.75) is 0 Å². The lowest BCUT2D eigenvalue weighted by Crippen LogP contribution is -2.26. The maximum absolute atomic E-state index is 10.0. The van der Waals surface area contributed by atoms with Gasteiger partial charge in [-0.3, -0.25) is 0 Å². The maximum atomic E-state index is 10.0. The fourth-order valence-electron chi connectivity index (χ4n) is 0.139. The third-order valence-electron chi connectivity index (χ3n) is 0.448. The number of nitrogens with zero attached hydrogens (tertiary/aromatic N) is 1. The molecule has 0 saturated heterocycles. The molecule has 40 valence electrons. The molecule has 0 aromatic rings. The number of carbonyl (C=O) groups excluding carboxylic acids is 1. The van der Waals surface area contributed by atoms with E-state index in [4.69, 9.17) is 0 Å². The van der Waals surface area contributed by atoms with E-state index in [1.807, 2.05) is 0 Å². The summed E-state index contributed by atoms with van der Waals surface area (Å²) >= 11 is 0. The lowest BCUT2D eigenvalue weighted by molar-refractivity contribution is -0.222. The Morgan fingerprint density at radius 3 is 2.71 bits per heavy atom. The lowest BCUT2D eigenvalue weighted by Gasteiger charge is -1.85. The van der Waals surface area contributed by atoms with E-state index in [0.717, 1.165) is 0 Å². The molecule has 0 aliphatic carbocycles. The molecule has 0 aromatic heterocycles. The quantitative estimate of drug-likeness (QED) is 0.337. The summed E-state index contributed by atoms with van der Waals surface area (Å²) < 4.78 is 4.18. The normalized spacial score (nSPS) is 7.57. The van der Waals surface area contributed by atoms with Gasteiger partial charge in [-0.05, 0) is 5.11 Å². The van der Waals surface area contributed by atoms with Gasteiger partial charge in [0.15, 0.2) is 6.54 Å². The molecule has 4 heteroatoms. The van der Waals surface area contributed by atoms with E-state index in [0.29, 0.717) is 0 Å². The average molecular weight is 103 g/mol. The predicted octanol–water partition coefficient (Wildman–Crippen LogP) is -1.63. The Labute approximate surface area is 41.0 Å². The van der Waals surface area contributed by atoms with Crippen molar-refractivity contribution in [3.63, 3.8) is 0 Å². The zero-order valence-electron chi connectivity index (χ0n) is 4.05. The fraction of sp³-hybridized carbons (Fsp3) is 0.667. The Hall–Kier alpha value is -0.930. The Morgan fingerprint density at radius 1 is 2.00 bits per heavy atom. The van der Waals surface area contributed by atoms with Gasteiger partial charge in [-0.15, -0.1) is 0 Å². The number of hydrogen-bond acceptors (Lipinski definition) is 3. The first-order chi connectivity index (χ1) is 3.31. The van der Waals surface area contributed by atoms with Crippen LogP contribution in [0.2, 0.25) is 0 Å². The van der Waals surface area contributed by atoms with Crippen molar-refractivity contribution in [3.05, 3.63) is 0 Å². The van der Waals surface area contributed by atoms with Crippen molar-refractivity contribution in [2.75, 3.05) is 13.7 Å². The van der Waals surface area contributed by atoms with Gasteiger partial charge in [-0.2, -0.15) is 5.53 Å². The van der Waals surface area contributed by atoms with E-state index < -0.39 is 5.97 Å². The average Bonchev–Trinajstić information content (AvgIpc) is 1.68. The Kier molecular flexibility index (Phi) is 2.83. The molecule has 0 spiro atoms. The summed E-state index contributed by atoms with van der Waals surface area (Å²) in [5, 5.41) is 3.03. The van der Waals surface area contributed by atoms with Crippen LogP contribution in [0.1, 0.15) is 0 Å². The summed E-state index contributed by atoms with van der Waals surface area (Å²) in [5.74, 6) is -0.414. The smallest absolute Gasteiger partial charge is 0.333 e. The Morgan fingerprint density at radius 2 is 2.57 bits per heavy atom. The van der Waals surface area contributed by atoms with Gasteiger partial charge in [-0.25, -0.2) is 4.79 Å². The fourth-order valence-corrected chi connectivity index (χ4v) is 0.139. The first-order valence-corrected chi connectivity index (χ1v) is 1.74. The second-order valence-corrected chi connectivity index (χ2v) is 0.917. The minimum Gasteiger partial charge on any atom is -0.467 e. The van der Waals surface area contributed by atoms with Crippen LogP contribution in [0.3, 0.4) is 0 Å². The third-order valence-corrected chi connectivity index (χ3v) is 0.448. The van der Waals surface area contributed by atoms with Gasteiger partial charge in [0.05, 0.1) is 7.11 Å². The second-order valence-electron chi connectivity index (χ2n) is 0.917. The van der Waals surface area contributed by atoms with Gasteiger partial charge < -0.3 is 4.74 Å². The van der Waals surface area contributed by atoms with Crippen molar-refractivity contribution in [1.82, 2.24) is 0 Å². The molecule has 7 heavy (non-hydrogen) atoms. The van der Waals surface area contributed by atoms with Crippen molar-refractivity contribution in [3.8, 4) is 0 Å². The van der Waals surface area contributed by atoms with E-state index in [9.17, 15) is 4.79 Å². The topological polar surface area (TPSA) is 64.2 Å². The van der Waals surface area contributed by atoms with Crippen LogP contribution in [0.4, 0.5) is 0 Å². The van der Waals surface area contributed by atoms with Gasteiger partial charge in [0.1, 0.15) is 0 Å². The van der Waals surface area contributed by atoms with E-state index in [2.05, 4.69) is 15.4 Å². The van der Waals surface area contributed by atoms with Crippen molar-refractivity contribution >= 4 is 5.97 Å². The number of ether oxygens (including phenoxy) is 1. The standard InChI is InChI=1S/C3H6N2O2/c1-7-3(6)2-5-4/h4H,2H2,1H3/p+1. The molecule has 0 saturated carbocycles. The highest BCUT2D eigenvalue weighted by Crippen LogP contribution is 1.69. The van der Waals surface area contributed by atoms with Gasteiger partial charge in [0.2, 0.25) is 0 Å². The van der Waals surface area contributed by atoms with Crippen LogP contribution in [0.25, 0.3) is 0 Å². The van der Waals surface area contributed by atoms with Gasteiger partial charge in [-0.1, -0.05) is 0 Å². The molecule has 0 fully saturated rings. The number of rotatable bonds is 2. The molecule has 0 amide bonds. The molecule has 0 radical (unpaired) electrons. The molecule has 2 N–H and O–H groups in total. The minimum absolute atomic E-state index is 0.0590. The van der Waals surface area contributed by atoms with E-state index in [1.54, 1.807) is 0 Å². The van der Waals surface area contributed by atoms with Crippen LogP contribution in [0.5, 0.6) is 0 Å². The zero-order chi connectivity index (χ0) is 5.70. The molecule has 0 bridgehead atoms. The van der Waals surface area contributed by atoms with Crippen LogP contribution >= 0.6 is 0 Å². The number of carbonyl (C=O) groups is 1. The molecule has 0 rings (SSSR count). The van der Waals surface area contributed by atoms with Crippen molar-refractivity contribution < 1.29 is 15.1 Å². The molecule has 0 aromatic carbocycles. The molecule has 0 unspecified atom stereocenters. The van der Waals surface area contributed by atoms with Crippen molar-refractivity contribution in [1.29, 1.82) is 0 Å². The molecular weight excluding hydrogens is 96.0 g/mol. The number of nitrogens with two attached hydrogens (primary N) is 1. The van der Waals surface area contributed by atoms with Crippen LogP contribution in [-0.2, 0) is 9.53 Å². The number of esters is 1. The van der Waals surface area contributed by atoms with Gasteiger partial charge in [0, 0.05) is 0 Å². The number of methoxy groups -OCH3 is 1. The summed E-state index contributed by atoms with van der Waals surface area (Å²) in [5.41, 5.74) is 4.63. The number of hydrogen-bond donors (Lipinski definition) is 1. The summed E-state index contributed by atoms with van der Waals surface area (Å²) in [6.45, 7) is -0.0590. The minimum atomic E-state index is -0.414. The van der Waals surface area contributed by atoms with Crippen LogP contribution in [-0.4, -0.2) is 19.6 Å². The highest BCUT2D eigenvalue weighted by Gasteiger charge is 1.95.